The molecule has 0 bridgehead atoms. The van der Waals surface area contributed by atoms with Gasteiger partial charge in [-0.1, -0.05) is 6.07 Å². The summed E-state index contributed by atoms with van der Waals surface area (Å²) in [6.45, 7) is 0. The first-order valence-electron chi connectivity index (χ1n) is 4.91. The van der Waals surface area contributed by atoms with Crippen molar-refractivity contribution in [2.45, 2.75) is 0 Å². The number of benzene rings is 1. The molecule has 17 heavy (non-hydrogen) atoms. The van der Waals surface area contributed by atoms with Crippen molar-refractivity contribution in [2.75, 3.05) is 0 Å². The van der Waals surface area contributed by atoms with Crippen molar-refractivity contribution in [3.63, 3.8) is 0 Å². The van der Waals surface area contributed by atoms with Gasteiger partial charge in [-0.25, -0.2) is 5.43 Å². The number of thiophene rings is 1. The summed E-state index contributed by atoms with van der Waals surface area (Å²) in [6, 6.07) is 9.79. The number of aromatic hydroxyl groups is 1. The van der Waals surface area contributed by atoms with E-state index in [0.29, 0.717) is 5.56 Å². The van der Waals surface area contributed by atoms with Crippen LogP contribution < -0.4 is 5.43 Å². The third-order valence-electron chi connectivity index (χ3n) is 2.03. The number of rotatable bonds is 3. The van der Waals surface area contributed by atoms with E-state index in [2.05, 4.69) is 10.5 Å². The molecule has 1 heterocycles. The van der Waals surface area contributed by atoms with Crippen LogP contribution in [0.1, 0.15) is 15.2 Å². The molecule has 0 atom stereocenters. The summed E-state index contributed by atoms with van der Waals surface area (Å²) < 4.78 is 0. The number of carbonyl (C=O) groups excluding carboxylic acids is 1. The molecule has 0 aliphatic rings. The Hall–Kier alpha value is -2.14. The first-order valence-corrected chi connectivity index (χ1v) is 5.79. The summed E-state index contributed by atoms with van der Waals surface area (Å²) in [7, 11) is 0. The van der Waals surface area contributed by atoms with E-state index < -0.39 is 0 Å². The van der Waals surface area contributed by atoms with Crippen molar-refractivity contribution >= 4 is 23.5 Å². The summed E-state index contributed by atoms with van der Waals surface area (Å²) in [4.78, 5) is 12.5. The summed E-state index contributed by atoms with van der Waals surface area (Å²) in [5.41, 5.74) is 2.86. The van der Waals surface area contributed by atoms with Gasteiger partial charge in [-0.2, -0.15) is 5.10 Å². The Bertz CT molecular complexity index is 518. The van der Waals surface area contributed by atoms with Crippen LogP contribution in [0.3, 0.4) is 0 Å². The largest absolute Gasteiger partial charge is 0.508 e. The molecule has 2 N–H and O–H groups in total. The van der Waals surface area contributed by atoms with Gasteiger partial charge < -0.3 is 5.11 Å². The van der Waals surface area contributed by atoms with Gasteiger partial charge in [-0.05, 0) is 35.7 Å². The fraction of sp³-hybridized carbons (Fsp3) is 0. The number of nitrogens with zero attached hydrogens (tertiary/aromatic N) is 1. The minimum atomic E-state index is -0.308. The molecule has 1 amide bonds. The molecule has 4 nitrogen and oxygen atoms in total. The van der Waals surface area contributed by atoms with E-state index in [9.17, 15) is 4.79 Å². The standard InChI is InChI=1S/C12H10N2O2S/c15-10-5-3-9(4-6-10)12(16)14-13-8-11-2-1-7-17-11/h1-8,15H,(H,14,16)/b13-8+. The molecular formula is C12H10N2O2S. The highest BCUT2D eigenvalue weighted by atomic mass is 32.1. The van der Waals surface area contributed by atoms with Crippen LogP contribution in [0.25, 0.3) is 0 Å². The number of amides is 1. The van der Waals surface area contributed by atoms with E-state index in [1.807, 2.05) is 17.5 Å². The van der Waals surface area contributed by atoms with Gasteiger partial charge in [0.25, 0.3) is 5.91 Å². The van der Waals surface area contributed by atoms with Crippen LogP contribution in [-0.2, 0) is 0 Å². The molecule has 0 spiro atoms. The predicted molar refractivity (Wildman–Crippen MR) is 67.5 cm³/mol. The van der Waals surface area contributed by atoms with Crippen molar-refractivity contribution < 1.29 is 9.90 Å². The normalized spacial score (nSPS) is 10.6. The zero-order chi connectivity index (χ0) is 12.1. The van der Waals surface area contributed by atoms with E-state index in [1.54, 1.807) is 6.21 Å². The van der Waals surface area contributed by atoms with Crippen LogP contribution in [0.15, 0.2) is 46.9 Å². The summed E-state index contributed by atoms with van der Waals surface area (Å²) in [5, 5.41) is 14.8. The second-order valence-corrected chi connectivity index (χ2v) is 4.24. The van der Waals surface area contributed by atoms with Crippen molar-refractivity contribution in [1.29, 1.82) is 0 Å². The Kier molecular flexibility index (Phi) is 3.52. The SMILES string of the molecule is O=C(N/N=C/c1cccs1)c1ccc(O)cc1. The molecule has 0 fully saturated rings. The van der Waals surface area contributed by atoms with E-state index in [4.69, 9.17) is 5.11 Å². The number of hydrazone groups is 1. The second kappa shape index (κ2) is 5.27. The highest BCUT2D eigenvalue weighted by Gasteiger charge is 2.02. The number of nitrogens with one attached hydrogen (secondary N) is 1. The average Bonchev–Trinajstić information content (AvgIpc) is 2.83. The number of hydrogen-bond donors (Lipinski definition) is 2. The molecule has 2 rings (SSSR count). The van der Waals surface area contributed by atoms with Gasteiger partial charge in [0.05, 0.1) is 6.21 Å². The molecule has 2 aromatic rings. The number of phenolic OH excluding ortho intramolecular Hbond substituents is 1. The Labute approximate surface area is 102 Å². The van der Waals surface area contributed by atoms with Gasteiger partial charge in [0, 0.05) is 10.4 Å². The van der Waals surface area contributed by atoms with Crippen molar-refractivity contribution in [1.82, 2.24) is 5.43 Å². The van der Waals surface area contributed by atoms with Crippen molar-refractivity contribution in [2.24, 2.45) is 5.10 Å². The fourth-order valence-electron chi connectivity index (χ4n) is 1.20. The molecule has 0 saturated carbocycles. The Balaban J connectivity index is 1.96. The van der Waals surface area contributed by atoms with Gasteiger partial charge in [0.15, 0.2) is 0 Å². The van der Waals surface area contributed by atoms with Crippen LogP contribution in [0, 0.1) is 0 Å². The molecule has 1 aromatic heterocycles. The molecule has 0 radical (unpaired) electrons. The molecule has 5 heteroatoms. The van der Waals surface area contributed by atoms with E-state index in [-0.39, 0.29) is 11.7 Å². The lowest BCUT2D eigenvalue weighted by molar-refractivity contribution is 0.0955. The molecule has 0 aliphatic heterocycles. The lowest BCUT2D eigenvalue weighted by Crippen LogP contribution is -2.17. The fourth-order valence-corrected chi connectivity index (χ4v) is 1.78. The Morgan fingerprint density at radius 1 is 1.29 bits per heavy atom. The number of phenols is 1. The van der Waals surface area contributed by atoms with Crippen LogP contribution in [-0.4, -0.2) is 17.2 Å². The van der Waals surface area contributed by atoms with Crippen molar-refractivity contribution in [3.8, 4) is 5.75 Å². The molecular weight excluding hydrogens is 236 g/mol. The lowest BCUT2D eigenvalue weighted by atomic mass is 10.2. The third-order valence-corrected chi connectivity index (χ3v) is 2.84. The highest BCUT2D eigenvalue weighted by Crippen LogP contribution is 2.09. The number of hydrogen-bond acceptors (Lipinski definition) is 4. The molecule has 0 aliphatic carbocycles. The average molecular weight is 246 g/mol. The van der Waals surface area contributed by atoms with E-state index in [1.165, 1.54) is 35.6 Å². The summed E-state index contributed by atoms with van der Waals surface area (Å²) in [5.74, 6) is -0.179. The van der Waals surface area contributed by atoms with Crippen LogP contribution in [0.5, 0.6) is 5.75 Å². The predicted octanol–water partition coefficient (Wildman–Crippen LogP) is 2.22. The second-order valence-electron chi connectivity index (χ2n) is 3.26. The van der Waals surface area contributed by atoms with Gasteiger partial charge in [-0.15, -0.1) is 11.3 Å². The molecule has 0 saturated heterocycles. The quantitative estimate of drug-likeness (QED) is 0.644. The third kappa shape index (κ3) is 3.15. The zero-order valence-electron chi connectivity index (χ0n) is 8.83. The van der Waals surface area contributed by atoms with Gasteiger partial charge in [-0.3, -0.25) is 4.79 Å². The molecule has 86 valence electrons. The summed E-state index contributed by atoms with van der Waals surface area (Å²) in [6.07, 6.45) is 1.59. The maximum absolute atomic E-state index is 11.6. The number of carbonyl (C=O) groups is 1. The smallest absolute Gasteiger partial charge is 0.271 e. The topological polar surface area (TPSA) is 61.7 Å². The summed E-state index contributed by atoms with van der Waals surface area (Å²) >= 11 is 1.54. The van der Waals surface area contributed by atoms with Crippen LogP contribution >= 0.6 is 11.3 Å². The van der Waals surface area contributed by atoms with Crippen molar-refractivity contribution in [3.05, 3.63) is 52.2 Å². The first-order chi connectivity index (χ1) is 8.25. The highest BCUT2D eigenvalue weighted by molar-refractivity contribution is 7.11. The van der Waals surface area contributed by atoms with Crippen LogP contribution in [0.2, 0.25) is 0 Å². The lowest BCUT2D eigenvalue weighted by Gasteiger charge is -1.99. The maximum Gasteiger partial charge on any atom is 0.271 e. The van der Waals surface area contributed by atoms with Gasteiger partial charge >= 0.3 is 0 Å². The van der Waals surface area contributed by atoms with Gasteiger partial charge in [0.2, 0.25) is 0 Å². The van der Waals surface area contributed by atoms with Crippen LogP contribution in [0.4, 0.5) is 0 Å². The molecule has 0 unspecified atom stereocenters. The minimum Gasteiger partial charge on any atom is -0.508 e. The van der Waals surface area contributed by atoms with E-state index in [0.717, 1.165) is 4.88 Å². The first kappa shape index (κ1) is 11.3. The Morgan fingerprint density at radius 3 is 2.71 bits per heavy atom. The minimum absolute atomic E-state index is 0.128. The van der Waals surface area contributed by atoms with E-state index >= 15 is 0 Å². The van der Waals surface area contributed by atoms with Gasteiger partial charge in [0.1, 0.15) is 5.75 Å². The Morgan fingerprint density at radius 2 is 2.06 bits per heavy atom. The monoisotopic (exact) mass is 246 g/mol. The zero-order valence-corrected chi connectivity index (χ0v) is 9.65. The maximum atomic E-state index is 11.6. The molecule has 1 aromatic carbocycles.